The summed E-state index contributed by atoms with van der Waals surface area (Å²) in [5.74, 6) is -1.79. The van der Waals surface area contributed by atoms with Crippen LogP contribution in [0.15, 0.2) is 34.8 Å². The highest BCUT2D eigenvalue weighted by molar-refractivity contribution is 6.09. The van der Waals surface area contributed by atoms with Crippen molar-refractivity contribution >= 4 is 11.9 Å². The lowest BCUT2D eigenvalue weighted by Gasteiger charge is -2.03. The van der Waals surface area contributed by atoms with Crippen LogP contribution in [0.1, 0.15) is 0 Å². The minimum absolute atomic E-state index is 0.0120. The third-order valence-electron chi connectivity index (χ3n) is 2.14. The van der Waals surface area contributed by atoms with E-state index in [1.165, 1.54) is 33.5 Å². The smallest absolute Gasteiger partial charge is 0.338 e. The van der Waals surface area contributed by atoms with Crippen molar-refractivity contribution in [2.24, 2.45) is 0 Å². The summed E-state index contributed by atoms with van der Waals surface area (Å²) in [6.45, 7) is 0. The van der Waals surface area contributed by atoms with Crippen molar-refractivity contribution in [3.63, 3.8) is 0 Å². The Labute approximate surface area is 97.8 Å². The van der Waals surface area contributed by atoms with Gasteiger partial charge in [-0.15, -0.1) is 0 Å². The van der Waals surface area contributed by atoms with E-state index in [0.29, 0.717) is 0 Å². The van der Waals surface area contributed by atoms with Crippen LogP contribution in [0.3, 0.4) is 0 Å². The van der Waals surface area contributed by atoms with Gasteiger partial charge in [0, 0.05) is 0 Å². The molecule has 0 unspecified atom stereocenters. The second-order valence-corrected chi connectivity index (χ2v) is 3.06. The molecule has 1 rings (SSSR count). The van der Waals surface area contributed by atoms with Crippen LogP contribution in [0.5, 0.6) is 0 Å². The van der Waals surface area contributed by atoms with Gasteiger partial charge in [-0.05, 0) is 12.2 Å². The average Bonchev–Trinajstić information content (AvgIpc) is 2.80. The minimum atomic E-state index is -0.694. The Morgan fingerprint density at radius 3 is 1.65 bits per heavy atom. The number of allylic oxidation sites excluding steroid dienone is 3. The van der Waals surface area contributed by atoms with Crippen molar-refractivity contribution in [1.82, 2.24) is 0 Å². The van der Waals surface area contributed by atoms with Gasteiger partial charge in [0.1, 0.15) is 0 Å². The van der Waals surface area contributed by atoms with E-state index in [9.17, 15) is 14.7 Å². The molecule has 1 N–H and O–H groups in total. The number of rotatable bonds is 3. The third-order valence-corrected chi connectivity index (χ3v) is 2.14. The van der Waals surface area contributed by atoms with Crippen LogP contribution in [0.25, 0.3) is 0 Å². The van der Waals surface area contributed by atoms with E-state index in [1.54, 1.807) is 0 Å². The van der Waals surface area contributed by atoms with Gasteiger partial charge in [-0.25, -0.2) is 9.59 Å². The molecular weight excluding hydrogens is 228 g/mol. The zero-order valence-corrected chi connectivity index (χ0v) is 9.64. The molecule has 0 atom stereocenters. The van der Waals surface area contributed by atoms with Crippen molar-refractivity contribution in [1.29, 1.82) is 0 Å². The zero-order valence-electron chi connectivity index (χ0n) is 9.64. The van der Waals surface area contributed by atoms with Crippen LogP contribution in [-0.4, -0.2) is 38.4 Å². The summed E-state index contributed by atoms with van der Waals surface area (Å²) in [6.07, 6.45) is 2.58. The molecule has 0 heterocycles. The standard InChI is InChI=1S/C11H12O6/c1-15-9(12)6-4-7(10(13)16-2)8(5-6)11(14)17-3/h4-5,12H,1-3H3. The molecule has 17 heavy (non-hydrogen) atoms. The van der Waals surface area contributed by atoms with Gasteiger partial charge in [0.15, 0.2) is 0 Å². The predicted molar refractivity (Wildman–Crippen MR) is 56.9 cm³/mol. The Morgan fingerprint density at radius 1 is 0.941 bits per heavy atom. The molecule has 0 bridgehead atoms. The molecule has 0 aromatic carbocycles. The minimum Gasteiger partial charge on any atom is -0.481 e. The lowest BCUT2D eigenvalue weighted by molar-refractivity contribution is -0.139. The number of hydrogen-bond acceptors (Lipinski definition) is 6. The Morgan fingerprint density at radius 2 is 1.35 bits per heavy atom. The Balaban J connectivity index is 3.22. The van der Waals surface area contributed by atoms with Crippen molar-refractivity contribution in [3.05, 3.63) is 34.8 Å². The summed E-state index contributed by atoms with van der Waals surface area (Å²) in [4.78, 5) is 22.8. The second-order valence-electron chi connectivity index (χ2n) is 3.06. The monoisotopic (exact) mass is 240 g/mol. The van der Waals surface area contributed by atoms with Crippen LogP contribution in [0.2, 0.25) is 0 Å². The lowest BCUT2D eigenvalue weighted by atomic mass is 10.1. The van der Waals surface area contributed by atoms with E-state index < -0.39 is 17.9 Å². The number of ether oxygens (including phenoxy) is 3. The van der Waals surface area contributed by atoms with Crippen LogP contribution in [0.4, 0.5) is 0 Å². The maximum atomic E-state index is 11.4. The molecular formula is C11H12O6. The van der Waals surface area contributed by atoms with Gasteiger partial charge in [0.25, 0.3) is 5.95 Å². The predicted octanol–water partition coefficient (Wildman–Crippen LogP) is 0.615. The summed E-state index contributed by atoms with van der Waals surface area (Å²) in [7, 11) is 3.64. The summed E-state index contributed by atoms with van der Waals surface area (Å²) in [5.41, 5.74) is 0.226. The first-order chi connectivity index (χ1) is 8.04. The van der Waals surface area contributed by atoms with E-state index in [-0.39, 0.29) is 16.7 Å². The molecule has 0 amide bonds. The number of carbonyl (C=O) groups excluding carboxylic acids is 2. The van der Waals surface area contributed by atoms with Gasteiger partial charge in [-0.2, -0.15) is 0 Å². The summed E-state index contributed by atoms with van der Waals surface area (Å²) < 4.78 is 13.6. The summed E-state index contributed by atoms with van der Waals surface area (Å²) in [5, 5.41) is 9.37. The van der Waals surface area contributed by atoms with Crippen molar-refractivity contribution in [2.45, 2.75) is 0 Å². The maximum Gasteiger partial charge on any atom is 0.338 e. The third kappa shape index (κ3) is 2.47. The SMILES string of the molecule is COC(=O)C1=CC(=C(O)OC)C=C1C(=O)OC. The van der Waals surface area contributed by atoms with Gasteiger partial charge in [-0.3, -0.25) is 0 Å². The fourth-order valence-corrected chi connectivity index (χ4v) is 1.31. The molecule has 6 nitrogen and oxygen atoms in total. The quantitative estimate of drug-likeness (QED) is 0.575. The van der Waals surface area contributed by atoms with Crippen molar-refractivity contribution < 1.29 is 28.9 Å². The highest BCUT2D eigenvalue weighted by atomic mass is 16.6. The van der Waals surface area contributed by atoms with Crippen LogP contribution >= 0.6 is 0 Å². The molecule has 0 aromatic heterocycles. The Kier molecular flexibility index (Phi) is 3.92. The number of methoxy groups -OCH3 is 3. The molecule has 0 fully saturated rings. The normalized spacial score (nSPS) is 13.7. The molecule has 0 aliphatic heterocycles. The highest BCUT2D eigenvalue weighted by Gasteiger charge is 2.28. The highest BCUT2D eigenvalue weighted by Crippen LogP contribution is 2.27. The number of carbonyl (C=O) groups is 2. The van der Waals surface area contributed by atoms with E-state index in [0.717, 1.165) is 0 Å². The van der Waals surface area contributed by atoms with E-state index in [1.807, 2.05) is 0 Å². The first-order valence-electron chi connectivity index (χ1n) is 4.62. The van der Waals surface area contributed by atoms with Gasteiger partial charge in [0.2, 0.25) is 0 Å². The van der Waals surface area contributed by atoms with Crippen LogP contribution in [0, 0.1) is 0 Å². The molecule has 0 radical (unpaired) electrons. The summed E-state index contributed by atoms with van der Waals surface area (Å²) >= 11 is 0. The average molecular weight is 240 g/mol. The number of esters is 2. The van der Waals surface area contributed by atoms with Gasteiger partial charge in [-0.1, -0.05) is 0 Å². The molecule has 0 saturated carbocycles. The Hall–Kier alpha value is -2.24. The fraction of sp³-hybridized carbons (Fsp3) is 0.273. The molecule has 0 saturated heterocycles. The van der Waals surface area contributed by atoms with Crippen molar-refractivity contribution in [2.75, 3.05) is 21.3 Å². The van der Waals surface area contributed by atoms with Crippen LogP contribution < -0.4 is 0 Å². The van der Waals surface area contributed by atoms with E-state index in [2.05, 4.69) is 14.2 Å². The number of aliphatic hydroxyl groups excluding tert-OH is 1. The molecule has 0 aromatic rings. The first-order valence-corrected chi connectivity index (χ1v) is 4.62. The summed E-state index contributed by atoms with van der Waals surface area (Å²) in [6, 6.07) is 0. The molecule has 0 spiro atoms. The molecule has 1 aliphatic rings. The van der Waals surface area contributed by atoms with Crippen LogP contribution in [-0.2, 0) is 23.8 Å². The molecule has 6 heteroatoms. The lowest BCUT2D eigenvalue weighted by Crippen LogP contribution is -2.12. The second kappa shape index (κ2) is 5.20. The first kappa shape index (κ1) is 12.8. The van der Waals surface area contributed by atoms with Gasteiger partial charge in [0.05, 0.1) is 38.0 Å². The molecule has 92 valence electrons. The van der Waals surface area contributed by atoms with Gasteiger partial charge >= 0.3 is 11.9 Å². The Bertz CT molecular complexity index is 407. The fourth-order valence-electron chi connectivity index (χ4n) is 1.31. The molecule has 1 aliphatic carbocycles. The number of aliphatic hydroxyl groups is 1. The maximum absolute atomic E-state index is 11.4. The van der Waals surface area contributed by atoms with Crippen molar-refractivity contribution in [3.8, 4) is 0 Å². The largest absolute Gasteiger partial charge is 0.481 e. The van der Waals surface area contributed by atoms with E-state index >= 15 is 0 Å². The zero-order chi connectivity index (χ0) is 13.0. The van der Waals surface area contributed by atoms with E-state index in [4.69, 9.17) is 0 Å². The number of hydrogen-bond donors (Lipinski definition) is 1. The topological polar surface area (TPSA) is 82.1 Å². The van der Waals surface area contributed by atoms with Gasteiger partial charge < -0.3 is 19.3 Å².